The SMILES string of the molecule is CC(C)N(CCCO)c1ccc(C(=O)O)nn1. The van der Waals surface area contributed by atoms with Gasteiger partial charge in [0.25, 0.3) is 0 Å². The molecule has 0 amide bonds. The summed E-state index contributed by atoms with van der Waals surface area (Å²) in [5.41, 5.74) is -0.0698. The van der Waals surface area contributed by atoms with Crippen LogP contribution in [0, 0.1) is 0 Å². The predicted octanol–water partition coefficient (Wildman–Crippen LogP) is 0.772. The van der Waals surface area contributed by atoms with Crippen molar-refractivity contribution in [2.75, 3.05) is 18.1 Å². The van der Waals surface area contributed by atoms with Gasteiger partial charge in [-0.3, -0.25) is 0 Å². The van der Waals surface area contributed by atoms with Crippen molar-refractivity contribution >= 4 is 11.8 Å². The molecule has 0 fully saturated rings. The van der Waals surface area contributed by atoms with Crippen molar-refractivity contribution in [2.45, 2.75) is 26.3 Å². The molecule has 1 aromatic rings. The van der Waals surface area contributed by atoms with E-state index < -0.39 is 5.97 Å². The molecule has 6 nitrogen and oxygen atoms in total. The first-order valence-electron chi connectivity index (χ1n) is 5.50. The van der Waals surface area contributed by atoms with E-state index in [0.717, 1.165) is 0 Å². The number of hydrogen-bond acceptors (Lipinski definition) is 5. The topological polar surface area (TPSA) is 86.5 Å². The number of nitrogens with zero attached hydrogens (tertiary/aromatic N) is 3. The first-order valence-corrected chi connectivity index (χ1v) is 5.50. The molecular formula is C11H17N3O3. The molecule has 1 aromatic heterocycles. The number of aliphatic hydroxyl groups excluding tert-OH is 1. The summed E-state index contributed by atoms with van der Waals surface area (Å²) in [4.78, 5) is 12.6. The van der Waals surface area contributed by atoms with Crippen molar-refractivity contribution in [1.82, 2.24) is 10.2 Å². The maximum Gasteiger partial charge on any atom is 0.356 e. The summed E-state index contributed by atoms with van der Waals surface area (Å²) in [5.74, 6) is -0.464. The third-order valence-corrected chi connectivity index (χ3v) is 2.34. The average molecular weight is 239 g/mol. The van der Waals surface area contributed by atoms with Gasteiger partial charge in [-0.25, -0.2) is 4.79 Å². The van der Waals surface area contributed by atoms with Crippen LogP contribution >= 0.6 is 0 Å². The van der Waals surface area contributed by atoms with Gasteiger partial charge in [-0.1, -0.05) is 0 Å². The average Bonchev–Trinajstić information content (AvgIpc) is 2.29. The molecular weight excluding hydrogens is 222 g/mol. The van der Waals surface area contributed by atoms with Gasteiger partial charge >= 0.3 is 5.97 Å². The van der Waals surface area contributed by atoms with Gasteiger partial charge in [0.05, 0.1) is 0 Å². The van der Waals surface area contributed by atoms with Crippen LogP contribution in [0.15, 0.2) is 12.1 Å². The van der Waals surface area contributed by atoms with Crippen molar-refractivity contribution < 1.29 is 15.0 Å². The Balaban J connectivity index is 2.83. The van der Waals surface area contributed by atoms with Crippen LogP contribution < -0.4 is 4.90 Å². The second-order valence-electron chi connectivity index (χ2n) is 3.95. The summed E-state index contributed by atoms with van der Waals surface area (Å²) in [7, 11) is 0. The van der Waals surface area contributed by atoms with Crippen LogP contribution in [0.25, 0.3) is 0 Å². The highest BCUT2D eigenvalue weighted by atomic mass is 16.4. The van der Waals surface area contributed by atoms with E-state index in [1.165, 1.54) is 6.07 Å². The number of aromatic nitrogens is 2. The molecule has 0 atom stereocenters. The monoisotopic (exact) mass is 239 g/mol. The van der Waals surface area contributed by atoms with Gasteiger partial charge in [0.2, 0.25) is 0 Å². The molecule has 94 valence electrons. The van der Waals surface area contributed by atoms with Crippen LogP contribution in [0.3, 0.4) is 0 Å². The van der Waals surface area contributed by atoms with Gasteiger partial charge in [0.15, 0.2) is 11.5 Å². The van der Waals surface area contributed by atoms with E-state index in [9.17, 15) is 4.79 Å². The Morgan fingerprint density at radius 3 is 2.53 bits per heavy atom. The molecule has 0 aromatic carbocycles. The highest BCUT2D eigenvalue weighted by Gasteiger charge is 2.13. The van der Waals surface area contributed by atoms with Crippen molar-refractivity contribution in [2.24, 2.45) is 0 Å². The van der Waals surface area contributed by atoms with E-state index in [4.69, 9.17) is 10.2 Å². The standard InChI is InChI=1S/C11H17N3O3/c1-8(2)14(6-3-7-15)10-5-4-9(11(16)17)12-13-10/h4-5,8,15H,3,6-7H2,1-2H3,(H,16,17). The van der Waals surface area contributed by atoms with Crippen LogP contribution in [0.5, 0.6) is 0 Å². The maximum atomic E-state index is 10.6. The van der Waals surface area contributed by atoms with Gasteiger partial charge in [0.1, 0.15) is 0 Å². The van der Waals surface area contributed by atoms with E-state index in [2.05, 4.69) is 10.2 Å². The number of carbonyl (C=O) groups is 1. The number of anilines is 1. The third kappa shape index (κ3) is 3.67. The predicted molar refractivity (Wildman–Crippen MR) is 63.2 cm³/mol. The minimum absolute atomic E-state index is 0.0698. The number of aromatic carboxylic acids is 1. The molecule has 1 rings (SSSR count). The first kappa shape index (κ1) is 13.4. The largest absolute Gasteiger partial charge is 0.476 e. The van der Waals surface area contributed by atoms with E-state index in [1.54, 1.807) is 6.07 Å². The Morgan fingerprint density at radius 2 is 2.12 bits per heavy atom. The fourth-order valence-electron chi connectivity index (χ4n) is 1.47. The molecule has 2 N–H and O–H groups in total. The third-order valence-electron chi connectivity index (χ3n) is 2.34. The maximum absolute atomic E-state index is 10.6. The lowest BCUT2D eigenvalue weighted by atomic mass is 10.2. The van der Waals surface area contributed by atoms with Crippen LogP contribution in [0.4, 0.5) is 5.82 Å². The summed E-state index contributed by atoms with van der Waals surface area (Å²) in [6.45, 7) is 4.79. The molecule has 17 heavy (non-hydrogen) atoms. The fourth-order valence-corrected chi connectivity index (χ4v) is 1.47. The quantitative estimate of drug-likeness (QED) is 0.762. The Morgan fingerprint density at radius 1 is 1.41 bits per heavy atom. The van der Waals surface area contributed by atoms with Gasteiger partial charge < -0.3 is 15.1 Å². The molecule has 0 bridgehead atoms. The summed E-state index contributed by atoms with van der Waals surface area (Å²) < 4.78 is 0. The zero-order valence-corrected chi connectivity index (χ0v) is 10.00. The Labute approximate surface area is 99.9 Å². The molecule has 0 saturated carbocycles. The fraction of sp³-hybridized carbons (Fsp3) is 0.545. The molecule has 1 heterocycles. The van der Waals surface area contributed by atoms with Crippen molar-refractivity contribution in [3.05, 3.63) is 17.8 Å². The minimum Gasteiger partial charge on any atom is -0.476 e. The summed E-state index contributed by atoms with van der Waals surface area (Å²) in [6.07, 6.45) is 0.639. The Hall–Kier alpha value is -1.69. The lowest BCUT2D eigenvalue weighted by Gasteiger charge is -2.27. The molecule has 0 spiro atoms. The van der Waals surface area contributed by atoms with Crippen molar-refractivity contribution in [1.29, 1.82) is 0 Å². The van der Waals surface area contributed by atoms with Gasteiger partial charge in [-0.05, 0) is 32.4 Å². The van der Waals surface area contributed by atoms with Crippen molar-refractivity contribution in [3.63, 3.8) is 0 Å². The minimum atomic E-state index is -1.09. The summed E-state index contributed by atoms with van der Waals surface area (Å²) in [5, 5.41) is 25.1. The first-order chi connectivity index (χ1) is 8.06. The Bertz CT molecular complexity index is 365. The number of hydrogen-bond donors (Lipinski definition) is 2. The highest BCUT2D eigenvalue weighted by molar-refractivity contribution is 5.85. The van der Waals surface area contributed by atoms with Crippen LogP contribution in [-0.4, -0.2) is 45.6 Å². The highest BCUT2D eigenvalue weighted by Crippen LogP contribution is 2.13. The lowest BCUT2D eigenvalue weighted by Crippen LogP contribution is -2.33. The van der Waals surface area contributed by atoms with Gasteiger partial charge in [-0.2, -0.15) is 0 Å². The smallest absolute Gasteiger partial charge is 0.356 e. The molecule has 0 aliphatic rings. The zero-order chi connectivity index (χ0) is 12.8. The molecule has 0 saturated heterocycles. The van der Waals surface area contributed by atoms with E-state index in [-0.39, 0.29) is 18.3 Å². The van der Waals surface area contributed by atoms with Gasteiger partial charge in [0, 0.05) is 19.2 Å². The molecule has 0 aliphatic heterocycles. The molecule has 0 aliphatic carbocycles. The van der Waals surface area contributed by atoms with E-state index in [0.29, 0.717) is 18.8 Å². The van der Waals surface area contributed by atoms with Crippen LogP contribution in [-0.2, 0) is 0 Å². The second kappa shape index (κ2) is 6.15. The lowest BCUT2D eigenvalue weighted by molar-refractivity contribution is 0.0689. The molecule has 6 heteroatoms. The second-order valence-corrected chi connectivity index (χ2v) is 3.95. The zero-order valence-electron chi connectivity index (χ0n) is 10.00. The van der Waals surface area contributed by atoms with E-state index >= 15 is 0 Å². The Kier molecular flexibility index (Phi) is 4.84. The molecule has 0 radical (unpaired) electrons. The summed E-state index contributed by atoms with van der Waals surface area (Å²) >= 11 is 0. The number of carboxylic acids is 1. The van der Waals surface area contributed by atoms with Gasteiger partial charge in [-0.15, -0.1) is 10.2 Å². The number of carboxylic acid groups (broad SMARTS) is 1. The van der Waals surface area contributed by atoms with Crippen LogP contribution in [0.1, 0.15) is 30.8 Å². The molecule has 0 unspecified atom stereocenters. The number of aliphatic hydroxyl groups is 1. The van der Waals surface area contributed by atoms with Crippen LogP contribution in [0.2, 0.25) is 0 Å². The summed E-state index contributed by atoms with van der Waals surface area (Å²) in [6, 6.07) is 3.28. The van der Waals surface area contributed by atoms with E-state index in [1.807, 2.05) is 18.7 Å². The number of rotatable bonds is 6. The van der Waals surface area contributed by atoms with Crippen molar-refractivity contribution in [3.8, 4) is 0 Å². The normalized spacial score (nSPS) is 10.6.